The van der Waals surface area contributed by atoms with Crippen molar-refractivity contribution in [2.24, 2.45) is 0 Å². The van der Waals surface area contributed by atoms with Crippen molar-refractivity contribution in [2.45, 2.75) is 0 Å². The first kappa shape index (κ1) is 17.4. The summed E-state index contributed by atoms with van der Waals surface area (Å²) in [6.45, 7) is 0. The maximum Gasteiger partial charge on any atom is 4.00 e. The minimum Gasteiger partial charge on any atom is -0.759 e. The van der Waals surface area contributed by atoms with E-state index in [-0.39, 0.29) is 17.4 Å². The maximum absolute atomic E-state index is 8.93. The summed E-state index contributed by atoms with van der Waals surface area (Å²) in [6.07, 6.45) is 0. The fourth-order valence-electron chi connectivity index (χ4n) is 0. The van der Waals surface area contributed by atoms with Gasteiger partial charge in [0.25, 0.3) is 0 Å². The molecule has 8 nitrogen and oxygen atoms in total. The quantitative estimate of drug-likeness (QED) is 0.229. The summed E-state index contributed by atoms with van der Waals surface area (Å²) in [5, 5.41) is 17.9. The molecule has 0 saturated heterocycles. The molecule has 0 aromatic heterocycles. The Bertz CT molecular complexity index is 220. The van der Waals surface area contributed by atoms with Gasteiger partial charge in [0.2, 0.25) is 0 Å². The summed E-state index contributed by atoms with van der Waals surface area (Å²) in [5.41, 5.74) is 0. The minimum absolute atomic E-state index is 0. The molecule has 0 heterocycles. The van der Waals surface area contributed by atoms with Crippen LogP contribution in [0.1, 0.15) is 0 Å². The van der Waals surface area contributed by atoms with Crippen LogP contribution in [0.2, 0.25) is 0 Å². The summed E-state index contributed by atoms with van der Waals surface area (Å²) in [7, 11) is -5.17. The molecular formula is C2CrO8S. The molecule has 0 aliphatic heterocycles. The molecule has 0 radical (unpaired) electrons. The first-order valence-corrected chi connectivity index (χ1v) is 3.07. The molecule has 0 saturated carbocycles. The smallest absolute Gasteiger partial charge is 0.759 e. The topological polar surface area (TPSA) is 161 Å². The van der Waals surface area contributed by atoms with E-state index in [1.54, 1.807) is 0 Å². The van der Waals surface area contributed by atoms with E-state index in [4.69, 9.17) is 37.3 Å². The Hall–Kier alpha value is -0.658. The zero-order valence-electron chi connectivity index (χ0n) is 5.08. The molecule has 68 valence electrons. The molecular weight excluding hydrogens is 236 g/mol. The van der Waals surface area contributed by atoms with Gasteiger partial charge >= 0.3 is 17.4 Å². The number of hydrogen-bond acceptors (Lipinski definition) is 8. The minimum atomic E-state index is -5.17. The molecule has 0 aromatic carbocycles. The number of rotatable bonds is 0. The van der Waals surface area contributed by atoms with Crippen molar-refractivity contribution in [3.8, 4) is 0 Å². The number of aliphatic carboxylic acids is 2. The van der Waals surface area contributed by atoms with Gasteiger partial charge in [0.05, 0.1) is 11.9 Å². The number of hydrogen-bond donors (Lipinski definition) is 0. The first-order chi connectivity index (χ1) is 4.64. The van der Waals surface area contributed by atoms with Crippen molar-refractivity contribution in [2.75, 3.05) is 0 Å². The Balaban J connectivity index is -0.000000126. The Morgan fingerprint density at radius 1 is 0.917 bits per heavy atom. The van der Waals surface area contributed by atoms with Gasteiger partial charge in [-0.15, -0.1) is 0 Å². The van der Waals surface area contributed by atoms with Crippen LogP contribution in [0.3, 0.4) is 0 Å². The molecule has 0 rings (SSSR count). The molecule has 0 atom stereocenters. The van der Waals surface area contributed by atoms with Crippen LogP contribution in [-0.4, -0.2) is 29.5 Å². The number of carboxylic acids is 2. The van der Waals surface area contributed by atoms with Gasteiger partial charge in [-0.05, 0) is 0 Å². The van der Waals surface area contributed by atoms with Crippen molar-refractivity contribution >= 4 is 22.3 Å². The van der Waals surface area contributed by atoms with Gasteiger partial charge in [0.15, 0.2) is 0 Å². The second-order valence-corrected chi connectivity index (χ2v) is 1.80. The number of carbonyl (C=O) groups excluding carboxylic acids is 2. The Morgan fingerprint density at radius 3 is 1.00 bits per heavy atom. The van der Waals surface area contributed by atoms with Crippen LogP contribution >= 0.6 is 0 Å². The van der Waals surface area contributed by atoms with E-state index in [0.717, 1.165) is 0 Å². The van der Waals surface area contributed by atoms with Gasteiger partial charge < -0.3 is 28.9 Å². The van der Waals surface area contributed by atoms with E-state index in [1.165, 1.54) is 0 Å². The van der Waals surface area contributed by atoms with Crippen molar-refractivity contribution in [1.82, 2.24) is 0 Å². The third kappa shape index (κ3) is 58.2. The maximum atomic E-state index is 8.93. The molecule has 0 N–H and O–H groups in total. The average molecular weight is 236 g/mol. The molecule has 0 aromatic rings. The van der Waals surface area contributed by atoms with E-state index < -0.39 is 22.3 Å². The summed E-state index contributed by atoms with van der Waals surface area (Å²) in [4.78, 5) is 17.9. The zero-order chi connectivity index (χ0) is 9.65. The van der Waals surface area contributed by atoms with Crippen LogP contribution in [0.15, 0.2) is 0 Å². The zero-order valence-corrected chi connectivity index (χ0v) is 7.17. The molecule has 0 unspecified atom stereocenters. The van der Waals surface area contributed by atoms with Gasteiger partial charge in [-0.25, -0.2) is 0 Å². The monoisotopic (exact) mass is 236 g/mol. The van der Waals surface area contributed by atoms with E-state index in [1.807, 2.05) is 0 Å². The normalized spacial score (nSPS) is 8.50. The van der Waals surface area contributed by atoms with E-state index in [2.05, 4.69) is 0 Å². The molecule has 0 aliphatic carbocycles. The molecule has 12 heavy (non-hydrogen) atoms. The van der Waals surface area contributed by atoms with Crippen LogP contribution < -0.4 is 10.2 Å². The number of carboxylic acid groups (broad SMARTS) is 2. The summed E-state index contributed by atoms with van der Waals surface area (Å²) < 4.78 is 34.1. The first-order valence-electron chi connectivity index (χ1n) is 1.73. The van der Waals surface area contributed by atoms with Crippen molar-refractivity contribution in [3.63, 3.8) is 0 Å². The standard InChI is InChI=1S/C2H2O4.Cr.H2O4S/c3-1(4)2(5)6;;1-5(2,3)4/h(H,3,4)(H,5,6);;(H2,1,2,3,4)/q;+4;/p-4. The summed E-state index contributed by atoms with van der Waals surface area (Å²) in [6, 6.07) is 0. The van der Waals surface area contributed by atoms with Crippen LogP contribution in [0.25, 0.3) is 0 Å². The Kier molecular flexibility index (Phi) is 10.2. The molecule has 0 fully saturated rings. The fourth-order valence-corrected chi connectivity index (χ4v) is 0. The van der Waals surface area contributed by atoms with Crippen molar-refractivity contribution in [3.05, 3.63) is 0 Å². The fraction of sp³-hybridized carbons (Fsp3) is 0. The predicted molar refractivity (Wildman–Crippen MR) is 20.5 cm³/mol. The summed E-state index contributed by atoms with van der Waals surface area (Å²) in [5.74, 6) is -4.37. The van der Waals surface area contributed by atoms with Crippen LogP contribution in [0.4, 0.5) is 0 Å². The van der Waals surface area contributed by atoms with Gasteiger partial charge in [-0.1, -0.05) is 0 Å². The molecule has 0 amide bonds. The van der Waals surface area contributed by atoms with Gasteiger partial charge in [-0.2, -0.15) is 0 Å². The van der Waals surface area contributed by atoms with Crippen molar-refractivity contribution in [1.29, 1.82) is 0 Å². The van der Waals surface area contributed by atoms with Gasteiger partial charge in [0.1, 0.15) is 0 Å². The predicted octanol–water partition coefficient (Wildman–Crippen LogP) is -4.85. The second kappa shape index (κ2) is 7.02. The summed E-state index contributed by atoms with van der Waals surface area (Å²) >= 11 is 0. The molecule has 0 aliphatic rings. The van der Waals surface area contributed by atoms with Crippen LogP contribution in [0.5, 0.6) is 0 Å². The molecule has 0 spiro atoms. The van der Waals surface area contributed by atoms with Crippen LogP contribution in [0, 0.1) is 0 Å². The second-order valence-electron chi connectivity index (χ2n) is 0.983. The Labute approximate surface area is 77.5 Å². The largest absolute Gasteiger partial charge is 4.00 e. The Morgan fingerprint density at radius 2 is 1.00 bits per heavy atom. The molecule has 0 bridgehead atoms. The van der Waals surface area contributed by atoms with Gasteiger partial charge in [0, 0.05) is 10.4 Å². The van der Waals surface area contributed by atoms with Crippen LogP contribution in [-0.2, 0) is 37.3 Å². The van der Waals surface area contributed by atoms with E-state index in [0.29, 0.717) is 0 Å². The van der Waals surface area contributed by atoms with Gasteiger partial charge in [-0.3, -0.25) is 8.42 Å². The number of carbonyl (C=O) groups is 2. The van der Waals surface area contributed by atoms with E-state index >= 15 is 0 Å². The van der Waals surface area contributed by atoms with Crippen molar-refractivity contribution < 1.29 is 54.7 Å². The third-order valence-electron chi connectivity index (χ3n) is 0.167. The average Bonchev–Trinajstić information content (AvgIpc) is 1.59. The van der Waals surface area contributed by atoms with E-state index in [9.17, 15) is 0 Å². The third-order valence-corrected chi connectivity index (χ3v) is 0.167. The molecule has 10 heteroatoms. The SMILES string of the molecule is O=C([O-])C(=O)[O-].O=S(=O)([O-])[O-].[Cr+4].